The number of carbonyl (C=O) groups excluding carboxylic acids is 1. The number of hydrogen-bond donors (Lipinski definition) is 0. The Kier molecular flexibility index (Phi) is 6.60. The minimum atomic E-state index is -0.00710. The van der Waals surface area contributed by atoms with Crippen molar-refractivity contribution in [3.8, 4) is 17.0 Å². The number of nitrogens with zero attached hydrogens (tertiary/aromatic N) is 3. The van der Waals surface area contributed by atoms with Gasteiger partial charge in [0.05, 0.1) is 27.1 Å². The van der Waals surface area contributed by atoms with Gasteiger partial charge >= 0.3 is 0 Å². The smallest absolute Gasteiger partial charge is 0.233 e. The fourth-order valence-corrected chi connectivity index (χ4v) is 3.55. The lowest BCUT2D eigenvalue weighted by Crippen LogP contribution is -2.33. The number of methoxy groups -OCH3 is 1. The zero-order valence-corrected chi connectivity index (χ0v) is 16.0. The molecule has 0 atom stereocenters. The van der Waals surface area contributed by atoms with Crippen molar-refractivity contribution in [3.05, 3.63) is 59.7 Å². The van der Waals surface area contributed by atoms with Crippen LogP contribution in [0.25, 0.3) is 11.3 Å². The highest BCUT2D eigenvalue weighted by atomic mass is 32.1. The van der Waals surface area contributed by atoms with Crippen molar-refractivity contribution in [3.63, 3.8) is 0 Å². The van der Waals surface area contributed by atoms with Gasteiger partial charge in [-0.05, 0) is 36.2 Å². The molecule has 3 rings (SSSR count). The minimum Gasteiger partial charge on any atom is -0.497 e. The third kappa shape index (κ3) is 4.95. The summed E-state index contributed by atoms with van der Waals surface area (Å²) >= 11 is 1.46. The Labute approximate surface area is 164 Å². The number of thiazole rings is 1. The predicted molar refractivity (Wildman–Crippen MR) is 110 cm³/mol. The third-order valence-electron chi connectivity index (χ3n) is 4.08. The van der Waals surface area contributed by atoms with Crippen LogP contribution in [0.5, 0.6) is 5.75 Å². The summed E-state index contributed by atoms with van der Waals surface area (Å²) in [5.41, 5.74) is 2.72. The number of pyridine rings is 1. The molecule has 0 aliphatic rings. The van der Waals surface area contributed by atoms with Crippen molar-refractivity contribution >= 4 is 30.2 Å². The van der Waals surface area contributed by atoms with Gasteiger partial charge in [-0.1, -0.05) is 18.5 Å². The van der Waals surface area contributed by atoms with Gasteiger partial charge in [0, 0.05) is 29.9 Å². The summed E-state index contributed by atoms with van der Waals surface area (Å²) in [5.74, 6) is 0.732. The van der Waals surface area contributed by atoms with Gasteiger partial charge < -0.3 is 4.74 Å². The molecule has 7 heteroatoms. The van der Waals surface area contributed by atoms with Crippen molar-refractivity contribution in [2.75, 3.05) is 18.6 Å². The average Bonchev–Trinajstić information content (AvgIpc) is 3.19. The van der Waals surface area contributed by atoms with Crippen LogP contribution < -0.4 is 9.64 Å². The monoisotopic (exact) mass is 377 g/mol. The van der Waals surface area contributed by atoms with Crippen LogP contribution in [0.1, 0.15) is 12.0 Å². The summed E-state index contributed by atoms with van der Waals surface area (Å²) < 4.78 is 5.24. The molecule has 0 saturated heterocycles. The highest BCUT2D eigenvalue weighted by Gasteiger charge is 2.19. The summed E-state index contributed by atoms with van der Waals surface area (Å²) in [6, 6.07) is 11.4. The van der Waals surface area contributed by atoms with Crippen LogP contribution in [0.3, 0.4) is 0 Å². The van der Waals surface area contributed by atoms with E-state index >= 15 is 0 Å². The first-order valence-corrected chi connectivity index (χ1v) is 9.58. The van der Waals surface area contributed by atoms with E-state index in [9.17, 15) is 4.79 Å². The van der Waals surface area contributed by atoms with Crippen molar-refractivity contribution < 1.29 is 9.53 Å². The Morgan fingerprint density at radius 1 is 1.26 bits per heavy atom. The van der Waals surface area contributed by atoms with Crippen molar-refractivity contribution in [1.29, 1.82) is 0 Å². The molecular weight excluding hydrogens is 357 g/mol. The third-order valence-corrected chi connectivity index (χ3v) is 4.94. The standard InChI is InChI=1S/C20H20BN3O2S/c1-26-17-5-2-4-15(12-17)13-19(25)24(11-3-8-21)20-23-18(14-27-20)16-6-9-22-10-7-16/h2,4-7,9-10,12,14H,3,8,11,13H2,1H3. The number of carbonyl (C=O) groups is 1. The normalized spacial score (nSPS) is 10.6. The fourth-order valence-electron chi connectivity index (χ4n) is 2.67. The Hall–Kier alpha value is -2.67. The van der Waals surface area contributed by atoms with Gasteiger partial charge in [-0.25, -0.2) is 4.98 Å². The van der Waals surface area contributed by atoms with E-state index in [0.717, 1.165) is 22.6 Å². The first kappa shape index (κ1) is 19.1. The average molecular weight is 377 g/mol. The maximum Gasteiger partial charge on any atom is 0.233 e. The largest absolute Gasteiger partial charge is 0.497 e. The van der Waals surface area contributed by atoms with Crippen LogP contribution in [0.15, 0.2) is 54.2 Å². The van der Waals surface area contributed by atoms with E-state index in [0.29, 0.717) is 24.4 Å². The van der Waals surface area contributed by atoms with Gasteiger partial charge in [0.15, 0.2) is 5.13 Å². The second kappa shape index (κ2) is 9.32. The molecule has 0 aliphatic heterocycles. The van der Waals surface area contributed by atoms with Crippen LogP contribution in [-0.2, 0) is 11.2 Å². The van der Waals surface area contributed by atoms with E-state index in [1.54, 1.807) is 24.4 Å². The van der Waals surface area contributed by atoms with Gasteiger partial charge in [0.2, 0.25) is 5.91 Å². The zero-order chi connectivity index (χ0) is 19.1. The van der Waals surface area contributed by atoms with Crippen molar-refractivity contribution in [2.45, 2.75) is 19.2 Å². The number of hydrogen-bond acceptors (Lipinski definition) is 5. The second-order valence-electron chi connectivity index (χ2n) is 5.97. The molecular formula is C20H20BN3O2S. The number of aromatic nitrogens is 2. The molecule has 0 unspecified atom stereocenters. The van der Waals surface area contributed by atoms with E-state index in [1.165, 1.54) is 11.3 Å². The van der Waals surface area contributed by atoms with E-state index in [4.69, 9.17) is 12.6 Å². The molecule has 2 radical (unpaired) electrons. The quantitative estimate of drug-likeness (QED) is 0.561. The Morgan fingerprint density at radius 2 is 2.07 bits per heavy atom. The number of ether oxygens (including phenoxy) is 1. The van der Waals surface area contributed by atoms with E-state index in [1.807, 2.05) is 41.8 Å². The van der Waals surface area contributed by atoms with E-state index < -0.39 is 0 Å². The van der Waals surface area contributed by atoms with Gasteiger partial charge in [-0.15, -0.1) is 11.3 Å². The molecule has 27 heavy (non-hydrogen) atoms. The van der Waals surface area contributed by atoms with E-state index in [-0.39, 0.29) is 12.3 Å². The summed E-state index contributed by atoms with van der Waals surface area (Å²) in [7, 11) is 7.28. The first-order chi connectivity index (χ1) is 13.2. The molecule has 0 fully saturated rings. The predicted octanol–water partition coefficient (Wildman–Crippen LogP) is 3.77. The number of anilines is 1. The molecule has 2 aromatic heterocycles. The summed E-state index contributed by atoms with van der Waals surface area (Å²) in [6.45, 7) is 0.544. The molecule has 0 saturated carbocycles. The second-order valence-corrected chi connectivity index (χ2v) is 6.80. The van der Waals surface area contributed by atoms with Gasteiger partial charge in [-0.3, -0.25) is 14.7 Å². The Bertz CT molecular complexity index is 886. The Morgan fingerprint density at radius 3 is 2.81 bits per heavy atom. The first-order valence-electron chi connectivity index (χ1n) is 8.70. The highest BCUT2D eigenvalue weighted by Crippen LogP contribution is 2.28. The lowest BCUT2D eigenvalue weighted by molar-refractivity contribution is -0.118. The molecule has 0 N–H and O–H groups in total. The van der Waals surface area contributed by atoms with Crippen molar-refractivity contribution in [2.24, 2.45) is 0 Å². The number of amides is 1. The molecule has 0 aliphatic carbocycles. The lowest BCUT2D eigenvalue weighted by Gasteiger charge is -2.20. The molecule has 1 aromatic carbocycles. The number of benzene rings is 1. The van der Waals surface area contributed by atoms with Gasteiger partial charge in [-0.2, -0.15) is 0 Å². The topological polar surface area (TPSA) is 55.3 Å². The summed E-state index contributed by atoms with van der Waals surface area (Å²) in [6.07, 6.45) is 4.98. The molecule has 0 spiro atoms. The van der Waals surface area contributed by atoms with E-state index in [2.05, 4.69) is 9.97 Å². The van der Waals surface area contributed by atoms with Crippen LogP contribution in [0.4, 0.5) is 5.13 Å². The van der Waals surface area contributed by atoms with Crippen LogP contribution in [0.2, 0.25) is 6.32 Å². The Balaban J connectivity index is 1.80. The van der Waals surface area contributed by atoms with Crippen molar-refractivity contribution in [1.82, 2.24) is 9.97 Å². The van der Waals surface area contributed by atoms with Crippen LogP contribution in [-0.4, -0.2) is 37.4 Å². The maximum atomic E-state index is 13.0. The SMILES string of the molecule is [B]CCCN(C(=O)Cc1cccc(OC)c1)c1nc(-c2ccncc2)cs1. The molecule has 136 valence electrons. The lowest BCUT2D eigenvalue weighted by atomic mass is 10.0. The fraction of sp³-hybridized carbons (Fsp3) is 0.250. The highest BCUT2D eigenvalue weighted by molar-refractivity contribution is 7.14. The zero-order valence-electron chi connectivity index (χ0n) is 15.2. The molecule has 2 heterocycles. The van der Waals surface area contributed by atoms with Crippen LogP contribution >= 0.6 is 11.3 Å². The minimum absolute atomic E-state index is 0.00710. The summed E-state index contributed by atoms with van der Waals surface area (Å²) in [5, 5.41) is 2.64. The van der Waals surface area contributed by atoms with Crippen LogP contribution in [0, 0.1) is 0 Å². The molecule has 1 amide bonds. The van der Waals surface area contributed by atoms with Gasteiger partial charge in [0.1, 0.15) is 5.75 Å². The molecule has 5 nitrogen and oxygen atoms in total. The molecule has 0 bridgehead atoms. The number of rotatable bonds is 8. The maximum absolute atomic E-state index is 13.0. The molecule has 3 aromatic rings. The van der Waals surface area contributed by atoms with Gasteiger partial charge in [0.25, 0.3) is 0 Å². The summed E-state index contributed by atoms with van der Waals surface area (Å²) in [4.78, 5) is 23.4.